The Balaban J connectivity index is 2.24. The van der Waals surface area contributed by atoms with Gasteiger partial charge < -0.3 is 4.90 Å². The van der Waals surface area contributed by atoms with Crippen LogP contribution in [0.25, 0.3) is 0 Å². The summed E-state index contributed by atoms with van der Waals surface area (Å²) in [5, 5.41) is 0. The third-order valence-corrected chi connectivity index (χ3v) is 6.77. The van der Waals surface area contributed by atoms with Crippen molar-refractivity contribution in [3.05, 3.63) is 29.8 Å². The zero-order valence-corrected chi connectivity index (χ0v) is 17.6. The first-order chi connectivity index (χ1) is 12.0. The monoisotopic (exact) mass is 380 g/mol. The fourth-order valence-corrected chi connectivity index (χ4v) is 5.61. The van der Waals surface area contributed by atoms with Crippen LogP contribution in [0.3, 0.4) is 0 Å². The quantitative estimate of drug-likeness (QED) is 0.784. The van der Waals surface area contributed by atoms with Gasteiger partial charge in [0.05, 0.1) is 4.90 Å². The van der Waals surface area contributed by atoms with Gasteiger partial charge >= 0.3 is 0 Å². The summed E-state index contributed by atoms with van der Waals surface area (Å²) in [5.41, 5.74) is 0.520. The van der Waals surface area contributed by atoms with Gasteiger partial charge in [-0.05, 0) is 70.2 Å². The van der Waals surface area contributed by atoms with Crippen LogP contribution in [0, 0.1) is 11.8 Å². The van der Waals surface area contributed by atoms with Gasteiger partial charge in [-0.3, -0.25) is 4.79 Å². The number of hydrogen-bond acceptors (Lipinski definition) is 3. The summed E-state index contributed by atoms with van der Waals surface area (Å²) in [7, 11) is -3.51. The predicted molar refractivity (Wildman–Crippen MR) is 105 cm³/mol. The molecule has 1 aromatic rings. The Kier molecular flexibility index (Phi) is 6.51. The second-order valence-corrected chi connectivity index (χ2v) is 10.1. The van der Waals surface area contributed by atoms with Gasteiger partial charge in [0, 0.05) is 30.7 Å². The van der Waals surface area contributed by atoms with Gasteiger partial charge in [0.1, 0.15) is 0 Å². The van der Waals surface area contributed by atoms with Crippen LogP contribution in [0.2, 0.25) is 0 Å². The van der Waals surface area contributed by atoms with Crippen LogP contribution in [0.1, 0.15) is 58.3 Å². The molecule has 0 spiro atoms. The van der Waals surface area contributed by atoms with E-state index in [1.54, 1.807) is 33.5 Å². The van der Waals surface area contributed by atoms with Crippen molar-refractivity contribution in [3.8, 4) is 0 Å². The van der Waals surface area contributed by atoms with E-state index in [9.17, 15) is 13.2 Å². The van der Waals surface area contributed by atoms with E-state index in [0.29, 0.717) is 30.5 Å². The molecule has 0 aliphatic carbocycles. The highest BCUT2D eigenvalue weighted by Gasteiger charge is 2.32. The van der Waals surface area contributed by atoms with Gasteiger partial charge in [-0.15, -0.1) is 0 Å². The molecule has 0 radical (unpaired) electrons. The van der Waals surface area contributed by atoms with Crippen molar-refractivity contribution >= 4 is 15.9 Å². The summed E-state index contributed by atoms with van der Waals surface area (Å²) in [6, 6.07) is 6.55. The maximum atomic E-state index is 12.9. The van der Waals surface area contributed by atoms with Crippen molar-refractivity contribution in [2.24, 2.45) is 11.8 Å². The van der Waals surface area contributed by atoms with E-state index >= 15 is 0 Å². The standard InChI is InChI=1S/C20H32N2O3S/c1-14(2)22(15(3)4)20(23)18-7-9-19(10-8-18)26(24,25)21-12-16(5)11-17(6)13-21/h7-10,14-17H,11-13H2,1-6H3. The summed E-state index contributed by atoms with van der Waals surface area (Å²) >= 11 is 0. The summed E-state index contributed by atoms with van der Waals surface area (Å²) in [6.45, 7) is 13.2. The third kappa shape index (κ3) is 4.46. The molecule has 1 fully saturated rings. The Morgan fingerprint density at radius 2 is 1.46 bits per heavy atom. The van der Waals surface area contributed by atoms with E-state index in [1.807, 2.05) is 27.7 Å². The molecule has 1 aliphatic rings. The first-order valence-corrected chi connectivity index (χ1v) is 10.9. The molecule has 6 heteroatoms. The minimum Gasteiger partial charge on any atom is -0.334 e. The highest BCUT2D eigenvalue weighted by atomic mass is 32.2. The average Bonchev–Trinajstić information content (AvgIpc) is 2.53. The van der Waals surface area contributed by atoms with Crippen LogP contribution in [-0.2, 0) is 10.0 Å². The smallest absolute Gasteiger partial charge is 0.254 e. The maximum absolute atomic E-state index is 12.9. The Bertz CT molecular complexity index is 708. The normalized spacial score (nSPS) is 22.0. The van der Waals surface area contributed by atoms with Gasteiger partial charge in [0.15, 0.2) is 0 Å². The lowest BCUT2D eigenvalue weighted by atomic mass is 9.94. The second kappa shape index (κ2) is 8.09. The van der Waals surface area contributed by atoms with Gasteiger partial charge in [-0.2, -0.15) is 4.31 Å². The van der Waals surface area contributed by atoms with E-state index in [4.69, 9.17) is 0 Å². The van der Waals surface area contributed by atoms with Gasteiger partial charge in [-0.1, -0.05) is 13.8 Å². The molecule has 0 aromatic heterocycles. The Labute approximate surface area is 158 Å². The van der Waals surface area contributed by atoms with Crippen molar-refractivity contribution < 1.29 is 13.2 Å². The van der Waals surface area contributed by atoms with E-state index in [-0.39, 0.29) is 22.9 Å². The molecular formula is C20H32N2O3S. The van der Waals surface area contributed by atoms with Crippen molar-refractivity contribution in [3.63, 3.8) is 0 Å². The molecule has 1 saturated heterocycles. The van der Waals surface area contributed by atoms with Gasteiger partial charge in [0.2, 0.25) is 10.0 Å². The first kappa shape index (κ1) is 20.9. The molecule has 1 aliphatic heterocycles. The van der Waals surface area contributed by atoms with Crippen molar-refractivity contribution in [2.75, 3.05) is 13.1 Å². The summed E-state index contributed by atoms with van der Waals surface area (Å²) < 4.78 is 27.5. The van der Waals surface area contributed by atoms with Crippen LogP contribution in [0.15, 0.2) is 29.2 Å². The minimum absolute atomic E-state index is 0.0702. The number of sulfonamides is 1. The number of hydrogen-bond donors (Lipinski definition) is 0. The summed E-state index contributed by atoms with van der Waals surface area (Å²) in [5.74, 6) is 0.652. The van der Waals surface area contributed by atoms with Crippen molar-refractivity contribution in [1.82, 2.24) is 9.21 Å². The SMILES string of the molecule is CC1CC(C)CN(S(=O)(=O)c2ccc(C(=O)N(C(C)C)C(C)C)cc2)C1. The summed E-state index contributed by atoms with van der Waals surface area (Å²) in [6.07, 6.45) is 1.06. The molecule has 0 saturated carbocycles. The molecular weight excluding hydrogens is 348 g/mol. The number of amides is 1. The third-order valence-electron chi connectivity index (χ3n) is 4.92. The second-order valence-electron chi connectivity index (χ2n) is 8.19. The molecule has 1 heterocycles. The largest absolute Gasteiger partial charge is 0.334 e. The molecule has 1 amide bonds. The van der Waals surface area contributed by atoms with Gasteiger partial charge in [-0.25, -0.2) is 8.42 Å². The highest BCUT2D eigenvalue weighted by Crippen LogP contribution is 2.27. The average molecular weight is 381 g/mol. The number of nitrogens with zero attached hydrogens (tertiary/aromatic N) is 2. The van der Waals surface area contributed by atoms with E-state index in [0.717, 1.165) is 6.42 Å². The first-order valence-electron chi connectivity index (χ1n) is 9.47. The zero-order chi connectivity index (χ0) is 19.6. The molecule has 0 bridgehead atoms. The molecule has 146 valence electrons. The molecule has 2 atom stereocenters. The predicted octanol–water partition coefficient (Wildman–Crippen LogP) is 3.61. The van der Waals surface area contributed by atoms with E-state index in [1.165, 1.54) is 0 Å². The Morgan fingerprint density at radius 1 is 1.00 bits per heavy atom. The minimum atomic E-state index is -3.51. The fourth-order valence-electron chi connectivity index (χ4n) is 3.93. The van der Waals surface area contributed by atoms with E-state index in [2.05, 4.69) is 13.8 Å². The van der Waals surface area contributed by atoms with Crippen LogP contribution in [0.4, 0.5) is 0 Å². The molecule has 2 unspecified atom stereocenters. The molecule has 2 rings (SSSR count). The van der Waals surface area contributed by atoms with Gasteiger partial charge in [0.25, 0.3) is 5.91 Å². The molecule has 0 N–H and O–H groups in total. The van der Waals surface area contributed by atoms with E-state index < -0.39 is 10.0 Å². The van der Waals surface area contributed by atoms with Crippen molar-refractivity contribution in [1.29, 1.82) is 0 Å². The fraction of sp³-hybridized carbons (Fsp3) is 0.650. The number of piperidine rings is 1. The number of benzene rings is 1. The molecule has 5 nitrogen and oxygen atoms in total. The zero-order valence-electron chi connectivity index (χ0n) is 16.8. The number of rotatable bonds is 5. The topological polar surface area (TPSA) is 57.7 Å². The highest BCUT2D eigenvalue weighted by molar-refractivity contribution is 7.89. The lowest BCUT2D eigenvalue weighted by Gasteiger charge is -2.34. The van der Waals surface area contributed by atoms with Crippen LogP contribution in [0.5, 0.6) is 0 Å². The number of carbonyl (C=O) groups excluding carboxylic acids is 1. The summed E-state index contributed by atoms with van der Waals surface area (Å²) in [4.78, 5) is 14.8. The maximum Gasteiger partial charge on any atom is 0.254 e. The lowest BCUT2D eigenvalue weighted by Crippen LogP contribution is -2.42. The Hall–Kier alpha value is -1.40. The van der Waals surface area contributed by atoms with Crippen LogP contribution in [-0.4, -0.2) is 48.7 Å². The van der Waals surface area contributed by atoms with Crippen molar-refractivity contribution in [2.45, 2.75) is 64.9 Å². The molecule has 26 heavy (non-hydrogen) atoms. The van der Waals surface area contributed by atoms with Crippen LogP contribution >= 0.6 is 0 Å². The lowest BCUT2D eigenvalue weighted by molar-refractivity contribution is 0.0643. The Morgan fingerprint density at radius 3 is 1.88 bits per heavy atom. The number of carbonyl (C=O) groups is 1. The van der Waals surface area contributed by atoms with Crippen LogP contribution < -0.4 is 0 Å². The molecule has 1 aromatic carbocycles.